The summed E-state index contributed by atoms with van der Waals surface area (Å²) in [5.41, 5.74) is 2.23. The summed E-state index contributed by atoms with van der Waals surface area (Å²) < 4.78 is 15.5. The molecule has 0 aliphatic heterocycles. The summed E-state index contributed by atoms with van der Waals surface area (Å²) in [4.78, 5) is 16.2. The largest absolute Gasteiger partial charge is 0.497 e. The molecule has 0 radical (unpaired) electrons. The SMILES string of the molecule is COc1ccc(-c2nc(COC(=O)C=C(C)c3ccccc3Cl)no2)cc1. The van der Waals surface area contributed by atoms with Gasteiger partial charge >= 0.3 is 5.97 Å². The van der Waals surface area contributed by atoms with Crippen molar-refractivity contribution in [3.8, 4) is 17.2 Å². The van der Waals surface area contributed by atoms with Crippen molar-refractivity contribution in [1.82, 2.24) is 10.1 Å². The lowest BCUT2D eigenvalue weighted by Gasteiger charge is -2.04. The quantitative estimate of drug-likeness (QED) is 0.458. The first-order valence-electron chi connectivity index (χ1n) is 8.14. The van der Waals surface area contributed by atoms with Gasteiger partial charge in [0.25, 0.3) is 5.89 Å². The number of benzene rings is 2. The van der Waals surface area contributed by atoms with Crippen LogP contribution in [-0.2, 0) is 16.1 Å². The van der Waals surface area contributed by atoms with E-state index in [2.05, 4.69) is 10.1 Å². The minimum atomic E-state index is -0.511. The van der Waals surface area contributed by atoms with Gasteiger partial charge in [-0.25, -0.2) is 4.79 Å². The summed E-state index contributed by atoms with van der Waals surface area (Å²) in [7, 11) is 1.59. The highest BCUT2D eigenvalue weighted by Crippen LogP contribution is 2.23. The number of carbonyl (C=O) groups is 1. The Balaban J connectivity index is 1.61. The fourth-order valence-corrected chi connectivity index (χ4v) is 2.66. The molecule has 1 aromatic heterocycles. The van der Waals surface area contributed by atoms with Crippen LogP contribution in [0.5, 0.6) is 5.75 Å². The number of aromatic nitrogens is 2. The van der Waals surface area contributed by atoms with Crippen molar-refractivity contribution in [3.63, 3.8) is 0 Å². The van der Waals surface area contributed by atoms with E-state index in [9.17, 15) is 4.79 Å². The summed E-state index contributed by atoms with van der Waals surface area (Å²) in [5, 5.41) is 4.39. The van der Waals surface area contributed by atoms with Crippen LogP contribution >= 0.6 is 11.6 Å². The molecule has 3 aromatic rings. The third kappa shape index (κ3) is 4.74. The maximum atomic E-state index is 12.0. The fraction of sp³-hybridized carbons (Fsp3) is 0.150. The number of halogens is 1. The lowest BCUT2D eigenvalue weighted by atomic mass is 10.1. The van der Waals surface area contributed by atoms with Gasteiger partial charge in [-0.2, -0.15) is 4.98 Å². The second-order valence-electron chi connectivity index (χ2n) is 5.66. The van der Waals surface area contributed by atoms with Gasteiger partial charge in [0.15, 0.2) is 6.61 Å². The predicted molar refractivity (Wildman–Crippen MR) is 101 cm³/mol. The number of carbonyl (C=O) groups excluding carboxylic acids is 1. The minimum Gasteiger partial charge on any atom is -0.497 e. The zero-order valence-corrected chi connectivity index (χ0v) is 15.6. The van der Waals surface area contributed by atoms with E-state index in [1.54, 1.807) is 44.4 Å². The van der Waals surface area contributed by atoms with Crippen LogP contribution in [0.3, 0.4) is 0 Å². The van der Waals surface area contributed by atoms with E-state index in [-0.39, 0.29) is 12.4 Å². The Labute approximate surface area is 161 Å². The van der Waals surface area contributed by atoms with E-state index in [0.29, 0.717) is 16.5 Å². The van der Waals surface area contributed by atoms with Gasteiger partial charge in [0.2, 0.25) is 5.82 Å². The van der Waals surface area contributed by atoms with Crippen molar-refractivity contribution >= 4 is 23.1 Å². The van der Waals surface area contributed by atoms with Crippen molar-refractivity contribution < 1.29 is 18.8 Å². The van der Waals surface area contributed by atoms with E-state index < -0.39 is 5.97 Å². The summed E-state index contributed by atoms with van der Waals surface area (Å²) in [6.07, 6.45) is 1.38. The first kappa shape index (κ1) is 18.7. The lowest BCUT2D eigenvalue weighted by molar-refractivity contribution is -0.139. The van der Waals surface area contributed by atoms with Crippen LogP contribution in [0.2, 0.25) is 5.02 Å². The van der Waals surface area contributed by atoms with Crippen LogP contribution in [0.1, 0.15) is 18.3 Å². The standard InChI is InChI=1S/C20H17ClN2O4/c1-13(16-5-3-4-6-17(16)21)11-19(24)26-12-18-22-20(27-23-18)14-7-9-15(25-2)10-8-14/h3-11H,12H2,1-2H3. The van der Waals surface area contributed by atoms with E-state index in [4.69, 9.17) is 25.6 Å². The molecule has 0 fully saturated rings. The summed E-state index contributed by atoms with van der Waals surface area (Å²) in [6, 6.07) is 14.5. The van der Waals surface area contributed by atoms with Crippen LogP contribution < -0.4 is 4.74 Å². The molecule has 0 aliphatic carbocycles. The molecular weight excluding hydrogens is 368 g/mol. The van der Waals surface area contributed by atoms with Gasteiger partial charge in [-0.3, -0.25) is 0 Å². The van der Waals surface area contributed by atoms with E-state index in [0.717, 1.165) is 16.9 Å². The topological polar surface area (TPSA) is 74.5 Å². The molecule has 0 bridgehead atoms. The van der Waals surface area contributed by atoms with Gasteiger partial charge in [0.1, 0.15) is 5.75 Å². The van der Waals surface area contributed by atoms with E-state index in [1.165, 1.54) is 6.08 Å². The molecular formula is C20H17ClN2O4. The maximum absolute atomic E-state index is 12.0. The predicted octanol–water partition coefficient (Wildman–Crippen LogP) is 4.55. The first-order valence-corrected chi connectivity index (χ1v) is 8.51. The van der Waals surface area contributed by atoms with Crippen LogP contribution in [-0.4, -0.2) is 23.2 Å². The molecule has 0 aliphatic rings. The van der Waals surface area contributed by atoms with Crippen LogP contribution in [0, 0.1) is 0 Å². The van der Waals surface area contributed by atoms with Crippen molar-refractivity contribution in [1.29, 1.82) is 0 Å². The molecule has 0 spiro atoms. The number of methoxy groups -OCH3 is 1. The molecule has 7 heteroatoms. The molecule has 6 nitrogen and oxygen atoms in total. The van der Waals surface area contributed by atoms with Gasteiger partial charge in [0, 0.05) is 16.7 Å². The number of hydrogen-bond acceptors (Lipinski definition) is 6. The highest BCUT2D eigenvalue weighted by Gasteiger charge is 2.11. The highest BCUT2D eigenvalue weighted by atomic mass is 35.5. The number of ether oxygens (including phenoxy) is 2. The zero-order chi connectivity index (χ0) is 19.2. The Morgan fingerprint density at radius 1 is 1.19 bits per heavy atom. The molecule has 0 amide bonds. The average Bonchev–Trinajstić information content (AvgIpc) is 3.16. The summed E-state index contributed by atoms with van der Waals surface area (Å²) >= 11 is 6.12. The van der Waals surface area contributed by atoms with Gasteiger partial charge < -0.3 is 14.0 Å². The third-order valence-electron chi connectivity index (χ3n) is 3.78. The smallest absolute Gasteiger partial charge is 0.331 e. The molecule has 3 rings (SSSR count). The number of hydrogen-bond donors (Lipinski definition) is 0. The van der Waals surface area contributed by atoms with Gasteiger partial charge in [-0.15, -0.1) is 0 Å². The lowest BCUT2D eigenvalue weighted by Crippen LogP contribution is -2.03. The van der Waals surface area contributed by atoms with Crippen molar-refractivity contribution in [2.45, 2.75) is 13.5 Å². The van der Waals surface area contributed by atoms with Gasteiger partial charge in [-0.05, 0) is 48.4 Å². The average molecular weight is 385 g/mol. The molecule has 0 unspecified atom stereocenters. The highest BCUT2D eigenvalue weighted by molar-refractivity contribution is 6.32. The first-order chi connectivity index (χ1) is 13.1. The van der Waals surface area contributed by atoms with Gasteiger partial charge in [-0.1, -0.05) is 35.0 Å². The van der Waals surface area contributed by atoms with Crippen molar-refractivity contribution in [2.75, 3.05) is 7.11 Å². The number of esters is 1. The van der Waals surface area contributed by atoms with Crippen LogP contribution in [0.25, 0.3) is 17.0 Å². The third-order valence-corrected chi connectivity index (χ3v) is 4.11. The molecule has 138 valence electrons. The molecule has 2 aromatic carbocycles. The number of nitrogens with zero attached hydrogens (tertiary/aromatic N) is 2. The number of allylic oxidation sites excluding steroid dienone is 1. The van der Waals surface area contributed by atoms with Gasteiger partial charge in [0.05, 0.1) is 7.11 Å². The second-order valence-corrected chi connectivity index (χ2v) is 6.07. The minimum absolute atomic E-state index is 0.0925. The fourth-order valence-electron chi connectivity index (χ4n) is 2.38. The Morgan fingerprint density at radius 2 is 1.93 bits per heavy atom. The van der Waals surface area contributed by atoms with E-state index >= 15 is 0 Å². The monoisotopic (exact) mass is 384 g/mol. The Bertz CT molecular complexity index is 964. The summed E-state index contributed by atoms with van der Waals surface area (Å²) in [6.45, 7) is 1.70. The molecule has 0 saturated carbocycles. The van der Waals surface area contributed by atoms with Crippen LogP contribution in [0.15, 0.2) is 59.1 Å². The second kappa shape index (κ2) is 8.51. The van der Waals surface area contributed by atoms with Crippen molar-refractivity contribution in [2.24, 2.45) is 0 Å². The number of rotatable bonds is 6. The molecule has 0 saturated heterocycles. The Morgan fingerprint density at radius 3 is 2.63 bits per heavy atom. The Hall–Kier alpha value is -3.12. The van der Waals surface area contributed by atoms with Crippen LogP contribution in [0.4, 0.5) is 0 Å². The van der Waals surface area contributed by atoms with E-state index in [1.807, 2.05) is 18.2 Å². The molecule has 0 atom stereocenters. The molecule has 27 heavy (non-hydrogen) atoms. The van der Waals surface area contributed by atoms with Crippen molar-refractivity contribution in [3.05, 3.63) is 71.0 Å². The molecule has 1 heterocycles. The molecule has 0 N–H and O–H groups in total. The summed E-state index contributed by atoms with van der Waals surface area (Å²) in [5.74, 6) is 0.834. The zero-order valence-electron chi connectivity index (χ0n) is 14.8. The maximum Gasteiger partial charge on any atom is 0.331 e. The normalized spacial score (nSPS) is 11.3. The Kier molecular flexibility index (Phi) is 5.88.